The normalized spacial score (nSPS) is 10.8. The Morgan fingerprint density at radius 1 is 0.459 bits per heavy atom. The van der Waals surface area contributed by atoms with Crippen molar-refractivity contribution < 1.29 is 76.3 Å². The van der Waals surface area contributed by atoms with Crippen LogP contribution in [0.1, 0.15) is 184 Å². The molecule has 0 N–H and O–H groups in total. The van der Waals surface area contributed by atoms with Gasteiger partial charge in [0.15, 0.2) is 0 Å². The minimum atomic E-state index is -0.337. The number of carbonyl (C=O) groups excluding carboxylic acids is 2. The molecule has 0 aromatic carbocycles. The average Bonchev–Trinajstić information content (AvgIpc) is 2.85. The number of ether oxygens (including phenoxy) is 1. The molecule has 210 valence electrons. The van der Waals surface area contributed by atoms with Crippen LogP contribution in [0, 0.1) is 0 Å². The monoisotopic (exact) mass is 540 g/mol. The number of hydrogen-bond acceptors (Lipinski definition) is 3. The third-order valence-electron chi connectivity index (χ3n) is 6.85. The molecule has 37 heavy (non-hydrogen) atoms. The molecular formula is C32H62Na2O3. The Morgan fingerprint density at radius 3 is 1.08 bits per heavy atom. The van der Waals surface area contributed by atoms with E-state index in [2.05, 4.69) is 26.0 Å². The Labute approximate surface area is 279 Å². The van der Waals surface area contributed by atoms with Crippen molar-refractivity contribution in [2.75, 3.05) is 0 Å². The molecule has 0 rings (SSSR count). The molecule has 0 radical (unpaired) electrons. The zero-order valence-electron chi connectivity index (χ0n) is 27.8. The van der Waals surface area contributed by atoms with Crippen molar-refractivity contribution in [3.05, 3.63) is 12.2 Å². The number of hydrogen-bond donors (Lipinski definition) is 0. The van der Waals surface area contributed by atoms with Crippen LogP contribution in [0.2, 0.25) is 0 Å². The van der Waals surface area contributed by atoms with E-state index in [9.17, 15) is 9.59 Å². The van der Waals surface area contributed by atoms with Crippen molar-refractivity contribution in [3.8, 4) is 0 Å². The van der Waals surface area contributed by atoms with Crippen molar-refractivity contribution in [3.63, 3.8) is 0 Å². The molecule has 0 aliphatic carbocycles. The molecule has 0 amide bonds. The van der Waals surface area contributed by atoms with E-state index in [1.807, 2.05) is 0 Å². The topological polar surface area (TPSA) is 43.4 Å². The maximum atomic E-state index is 11.8. The minimum absolute atomic E-state index is 0. The molecule has 0 aliphatic heterocycles. The molecule has 0 spiro atoms. The number of allylic oxidation sites excluding steroid dienone is 2. The van der Waals surface area contributed by atoms with Gasteiger partial charge in [-0.25, -0.2) is 0 Å². The molecule has 0 fully saturated rings. The largest absolute Gasteiger partial charge is 1.00 e. The zero-order chi connectivity index (χ0) is 25.7. The summed E-state index contributed by atoms with van der Waals surface area (Å²) in [6, 6.07) is 0. The molecule has 0 aliphatic rings. The van der Waals surface area contributed by atoms with Crippen LogP contribution < -0.4 is 59.1 Å². The summed E-state index contributed by atoms with van der Waals surface area (Å²) in [5.41, 5.74) is 0. The summed E-state index contributed by atoms with van der Waals surface area (Å²) in [7, 11) is 0. The van der Waals surface area contributed by atoms with Gasteiger partial charge >= 0.3 is 71.1 Å². The van der Waals surface area contributed by atoms with Crippen LogP contribution >= 0.6 is 0 Å². The summed E-state index contributed by atoms with van der Waals surface area (Å²) in [6.07, 6.45) is 35.3. The van der Waals surface area contributed by atoms with Gasteiger partial charge in [0.25, 0.3) is 0 Å². The first-order chi connectivity index (χ1) is 17.2. The van der Waals surface area contributed by atoms with Gasteiger partial charge in [-0.2, -0.15) is 0 Å². The van der Waals surface area contributed by atoms with Gasteiger partial charge in [-0.05, 0) is 38.5 Å². The van der Waals surface area contributed by atoms with Crippen molar-refractivity contribution in [1.29, 1.82) is 0 Å². The molecule has 0 aromatic rings. The van der Waals surface area contributed by atoms with Crippen LogP contribution in [0.15, 0.2) is 12.2 Å². The summed E-state index contributed by atoms with van der Waals surface area (Å²) in [4.78, 5) is 23.7. The van der Waals surface area contributed by atoms with Gasteiger partial charge in [-0.3, -0.25) is 9.59 Å². The average molecular weight is 541 g/mol. The van der Waals surface area contributed by atoms with Gasteiger partial charge in [-0.15, -0.1) is 0 Å². The van der Waals surface area contributed by atoms with Crippen molar-refractivity contribution in [2.24, 2.45) is 0 Å². The molecule has 0 saturated heterocycles. The third-order valence-corrected chi connectivity index (χ3v) is 6.85. The Bertz CT molecular complexity index is 506. The van der Waals surface area contributed by atoms with Gasteiger partial charge in [0.2, 0.25) is 0 Å². The number of rotatable bonds is 27. The van der Waals surface area contributed by atoms with E-state index in [0.717, 1.165) is 32.1 Å². The molecule has 0 unspecified atom stereocenters. The van der Waals surface area contributed by atoms with Crippen molar-refractivity contribution in [1.82, 2.24) is 0 Å². The second kappa shape index (κ2) is 36.9. The van der Waals surface area contributed by atoms with E-state index in [1.54, 1.807) is 0 Å². The predicted octanol–water partition coefficient (Wildman–Crippen LogP) is 5.03. The standard InChI is InChI=1S/C32H60O3.2Na.2H/c1-3-5-7-9-11-13-15-17-19-21-23-25-27-29-31(33)35-32(34)30-28-26-24-22-20-18-16-14-12-10-8-6-4-2;;;;/h13,15H,3-12,14,16-30H2,1-2H3;;;;/q;2*+1;2*-1. The molecule has 0 aromatic heterocycles. The first-order valence-electron chi connectivity index (χ1n) is 15.6. The van der Waals surface area contributed by atoms with Crippen LogP contribution in [0.5, 0.6) is 0 Å². The summed E-state index contributed by atoms with van der Waals surface area (Å²) >= 11 is 0. The number of unbranched alkanes of at least 4 members (excludes halogenated alkanes) is 21. The van der Waals surface area contributed by atoms with E-state index in [1.165, 1.54) is 122 Å². The fraction of sp³-hybridized carbons (Fsp3) is 0.875. The van der Waals surface area contributed by atoms with Gasteiger partial charge < -0.3 is 7.59 Å². The zero-order valence-corrected chi connectivity index (χ0v) is 29.8. The van der Waals surface area contributed by atoms with Crippen LogP contribution in [-0.2, 0) is 14.3 Å². The quantitative estimate of drug-likeness (QED) is 0.0483. The molecule has 0 bridgehead atoms. The van der Waals surface area contributed by atoms with Crippen LogP contribution in [0.3, 0.4) is 0 Å². The van der Waals surface area contributed by atoms with Crippen LogP contribution in [0.4, 0.5) is 0 Å². The Balaban J connectivity index is -0.000000963. The van der Waals surface area contributed by atoms with Gasteiger partial charge in [-0.1, -0.05) is 142 Å². The van der Waals surface area contributed by atoms with Gasteiger partial charge in [0.1, 0.15) is 0 Å². The van der Waals surface area contributed by atoms with Crippen molar-refractivity contribution in [2.45, 2.75) is 181 Å². The number of esters is 2. The molecule has 0 saturated carbocycles. The molecule has 0 heterocycles. The SMILES string of the molecule is CCCCCCC=CCCCCCCCC(=O)OC(=O)CCCCCCCCCCCCCCC.[H-].[H-].[Na+].[Na+]. The number of carbonyl (C=O) groups is 2. The van der Waals surface area contributed by atoms with E-state index in [0.29, 0.717) is 12.8 Å². The smallest absolute Gasteiger partial charge is 1.00 e. The van der Waals surface area contributed by atoms with Gasteiger partial charge in [0, 0.05) is 12.8 Å². The Morgan fingerprint density at radius 2 is 0.730 bits per heavy atom. The fourth-order valence-electron chi connectivity index (χ4n) is 4.50. The summed E-state index contributed by atoms with van der Waals surface area (Å²) < 4.78 is 4.98. The molecule has 0 atom stereocenters. The second-order valence-corrected chi connectivity index (χ2v) is 10.5. The Hall–Kier alpha value is 0.880. The predicted molar refractivity (Wildman–Crippen MR) is 154 cm³/mol. The maximum Gasteiger partial charge on any atom is 1.00 e. The van der Waals surface area contributed by atoms with Crippen molar-refractivity contribution >= 4 is 11.9 Å². The van der Waals surface area contributed by atoms with E-state index < -0.39 is 0 Å². The second-order valence-electron chi connectivity index (χ2n) is 10.5. The molecule has 5 heteroatoms. The summed E-state index contributed by atoms with van der Waals surface area (Å²) in [6.45, 7) is 4.52. The molecular weight excluding hydrogens is 478 g/mol. The fourth-order valence-corrected chi connectivity index (χ4v) is 4.50. The maximum absolute atomic E-state index is 11.8. The van der Waals surface area contributed by atoms with Crippen LogP contribution in [-0.4, -0.2) is 11.9 Å². The van der Waals surface area contributed by atoms with E-state index in [4.69, 9.17) is 4.74 Å². The van der Waals surface area contributed by atoms with Crippen LogP contribution in [0.25, 0.3) is 0 Å². The first-order valence-corrected chi connectivity index (χ1v) is 15.6. The third kappa shape index (κ3) is 36.9. The summed E-state index contributed by atoms with van der Waals surface area (Å²) in [5, 5.41) is 0. The summed E-state index contributed by atoms with van der Waals surface area (Å²) in [5.74, 6) is -0.671. The first kappa shape index (κ1) is 42.3. The Kier molecular flexibility index (Phi) is 42.2. The molecule has 3 nitrogen and oxygen atoms in total. The van der Waals surface area contributed by atoms with E-state index >= 15 is 0 Å². The van der Waals surface area contributed by atoms with E-state index in [-0.39, 0.29) is 73.9 Å². The van der Waals surface area contributed by atoms with Gasteiger partial charge in [0.05, 0.1) is 0 Å². The minimum Gasteiger partial charge on any atom is -1.00 e.